The Morgan fingerprint density at radius 1 is 1.04 bits per heavy atom. The highest BCUT2D eigenvalue weighted by Crippen LogP contribution is 2.28. The lowest BCUT2D eigenvalue weighted by Crippen LogP contribution is -2.41. The Hall–Kier alpha value is -2.76. The van der Waals surface area contributed by atoms with Gasteiger partial charge in [-0.15, -0.1) is 0 Å². The van der Waals surface area contributed by atoms with E-state index < -0.39 is 0 Å². The number of benzene rings is 2. The zero-order valence-electron chi connectivity index (χ0n) is 15.2. The molecule has 0 atom stereocenters. The molecule has 2 aromatic carbocycles. The molecule has 0 bridgehead atoms. The van der Waals surface area contributed by atoms with Gasteiger partial charge in [0.1, 0.15) is 0 Å². The van der Waals surface area contributed by atoms with Crippen LogP contribution in [0.15, 0.2) is 60.8 Å². The van der Waals surface area contributed by atoms with Crippen LogP contribution in [0.2, 0.25) is 0 Å². The Morgan fingerprint density at radius 2 is 1.78 bits per heavy atom. The van der Waals surface area contributed by atoms with E-state index >= 15 is 0 Å². The number of carbonyl (C=O) groups excluding carboxylic acids is 1. The Morgan fingerprint density at radius 3 is 2.59 bits per heavy atom. The van der Waals surface area contributed by atoms with Crippen molar-refractivity contribution in [2.75, 3.05) is 39.4 Å². The van der Waals surface area contributed by atoms with E-state index in [9.17, 15) is 4.79 Å². The quantitative estimate of drug-likeness (QED) is 0.759. The van der Waals surface area contributed by atoms with Crippen molar-refractivity contribution < 1.29 is 9.53 Å². The van der Waals surface area contributed by atoms with Gasteiger partial charge in [-0.2, -0.15) is 0 Å². The van der Waals surface area contributed by atoms with Crippen LogP contribution in [-0.2, 0) is 4.74 Å². The molecule has 138 valence electrons. The van der Waals surface area contributed by atoms with E-state index in [1.807, 2.05) is 54.6 Å². The molecule has 1 N–H and O–H groups in total. The first-order chi connectivity index (χ1) is 13.3. The maximum atomic E-state index is 13.1. The monoisotopic (exact) mass is 361 g/mol. The topological polar surface area (TPSA) is 54.5 Å². The van der Waals surface area contributed by atoms with Gasteiger partial charge in [-0.25, -0.2) is 0 Å². The number of amides is 1. The van der Waals surface area contributed by atoms with Gasteiger partial charge in [-0.1, -0.05) is 48.5 Å². The fraction of sp³-hybridized carbons (Fsp3) is 0.273. The number of fused-ring (bicyclic) bond motifs is 1. The fourth-order valence-corrected chi connectivity index (χ4v) is 3.46. The molecule has 0 radical (unpaired) electrons. The van der Waals surface area contributed by atoms with Crippen LogP contribution in [0.1, 0.15) is 10.4 Å². The van der Waals surface area contributed by atoms with Crippen LogP contribution in [-0.4, -0.2) is 55.2 Å². The molecule has 2 heterocycles. The second-order valence-electron chi connectivity index (χ2n) is 6.64. The van der Waals surface area contributed by atoms with E-state index in [0.717, 1.165) is 54.9 Å². The molecule has 27 heavy (non-hydrogen) atoms. The number of para-hydroxylation sites is 1. The number of rotatable bonds is 5. The van der Waals surface area contributed by atoms with Gasteiger partial charge in [0.15, 0.2) is 0 Å². The molecule has 1 aromatic heterocycles. The molecule has 0 unspecified atom stereocenters. The first kappa shape index (κ1) is 17.6. The number of hydrogen-bond acceptors (Lipinski definition) is 4. The highest BCUT2D eigenvalue weighted by molar-refractivity contribution is 6.11. The average Bonchev–Trinajstić information content (AvgIpc) is 2.74. The zero-order chi connectivity index (χ0) is 18.5. The predicted molar refractivity (Wildman–Crippen MR) is 107 cm³/mol. The number of carbonyl (C=O) groups is 1. The summed E-state index contributed by atoms with van der Waals surface area (Å²) in [5.41, 5.74) is 3.37. The second-order valence-corrected chi connectivity index (χ2v) is 6.64. The third-order valence-electron chi connectivity index (χ3n) is 4.90. The maximum absolute atomic E-state index is 13.1. The van der Waals surface area contributed by atoms with Crippen molar-refractivity contribution >= 4 is 16.8 Å². The lowest BCUT2D eigenvalue weighted by atomic mass is 9.97. The normalized spacial score (nSPS) is 15.0. The molecule has 1 aliphatic heterocycles. The van der Waals surface area contributed by atoms with E-state index in [-0.39, 0.29) is 5.91 Å². The number of pyridine rings is 1. The van der Waals surface area contributed by atoms with Crippen LogP contribution >= 0.6 is 0 Å². The summed E-state index contributed by atoms with van der Waals surface area (Å²) >= 11 is 0. The van der Waals surface area contributed by atoms with Crippen LogP contribution in [0, 0.1) is 0 Å². The second kappa shape index (κ2) is 8.29. The molecule has 5 heteroatoms. The molecular weight excluding hydrogens is 338 g/mol. The summed E-state index contributed by atoms with van der Waals surface area (Å²) in [5, 5.41) is 3.98. The van der Waals surface area contributed by atoms with E-state index in [0.29, 0.717) is 12.1 Å². The van der Waals surface area contributed by atoms with Gasteiger partial charge in [0.05, 0.1) is 24.3 Å². The summed E-state index contributed by atoms with van der Waals surface area (Å²) < 4.78 is 5.37. The molecular formula is C22H23N3O2. The fourth-order valence-electron chi connectivity index (χ4n) is 3.46. The molecule has 4 rings (SSSR count). The van der Waals surface area contributed by atoms with Gasteiger partial charge < -0.3 is 10.1 Å². The largest absolute Gasteiger partial charge is 0.379 e. The number of ether oxygens (including phenoxy) is 1. The predicted octanol–water partition coefficient (Wildman–Crippen LogP) is 2.96. The van der Waals surface area contributed by atoms with E-state index in [4.69, 9.17) is 4.74 Å². The molecule has 0 aliphatic carbocycles. The summed E-state index contributed by atoms with van der Waals surface area (Å²) in [4.78, 5) is 20.0. The Kier molecular flexibility index (Phi) is 5.42. The maximum Gasteiger partial charge on any atom is 0.252 e. The van der Waals surface area contributed by atoms with Gasteiger partial charge in [0.2, 0.25) is 0 Å². The van der Waals surface area contributed by atoms with Gasteiger partial charge in [0.25, 0.3) is 5.91 Å². The molecule has 5 nitrogen and oxygen atoms in total. The van der Waals surface area contributed by atoms with Crippen LogP contribution in [0.4, 0.5) is 0 Å². The summed E-state index contributed by atoms with van der Waals surface area (Å²) in [7, 11) is 0. The van der Waals surface area contributed by atoms with Crippen molar-refractivity contribution in [3.63, 3.8) is 0 Å². The van der Waals surface area contributed by atoms with Crippen molar-refractivity contribution in [1.29, 1.82) is 0 Å². The molecule has 1 fully saturated rings. The van der Waals surface area contributed by atoms with Gasteiger partial charge in [-0.3, -0.25) is 14.7 Å². The minimum atomic E-state index is -0.0549. The van der Waals surface area contributed by atoms with E-state index in [1.54, 1.807) is 6.20 Å². The highest BCUT2D eigenvalue weighted by Gasteiger charge is 2.18. The number of aromatic nitrogens is 1. The molecule has 1 saturated heterocycles. The molecule has 1 amide bonds. The third kappa shape index (κ3) is 3.99. The minimum Gasteiger partial charge on any atom is -0.379 e. The molecule has 3 aromatic rings. The average molecular weight is 361 g/mol. The molecule has 0 spiro atoms. The van der Waals surface area contributed by atoms with Gasteiger partial charge >= 0.3 is 0 Å². The number of nitrogens with one attached hydrogen (secondary N) is 1. The smallest absolute Gasteiger partial charge is 0.252 e. The van der Waals surface area contributed by atoms with Gasteiger partial charge in [0, 0.05) is 43.3 Å². The first-order valence-corrected chi connectivity index (χ1v) is 9.34. The van der Waals surface area contributed by atoms with Crippen molar-refractivity contribution in [2.45, 2.75) is 0 Å². The van der Waals surface area contributed by atoms with Crippen LogP contribution in [0.25, 0.3) is 22.0 Å². The zero-order valence-corrected chi connectivity index (χ0v) is 15.2. The number of nitrogens with zero attached hydrogens (tertiary/aromatic N) is 2. The van der Waals surface area contributed by atoms with E-state index in [2.05, 4.69) is 15.2 Å². The van der Waals surface area contributed by atoms with Crippen LogP contribution in [0.5, 0.6) is 0 Å². The SMILES string of the molecule is O=C(NCCN1CCOCC1)c1c(-c2ccccc2)cnc2ccccc12. The van der Waals surface area contributed by atoms with Crippen molar-refractivity contribution in [3.8, 4) is 11.1 Å². The molecule has 0 saturated carbocycles. The Balaban J connectivity index is 1.61. The van der Waals surface area contributed by atoms with Crippen molar-refractivity contribution in [3.05, 3.63) is 66.4 Å². The summed E-state index contributed by atoms with van der Waals surface area (Å²) in [5.74, 6) is -0.0549. The Bertz CT molecular complexity index is 921. The number of morpholine rings is 1. The molecule has 1 aliphatic rings. The van der Waals surface area contributed by atoms with Crippen LogP contribution in [0.3, 0.4) is 0 Å². The van der Waals surface area contributed by atoms with E-state index in [1.165, 1.54) is 0 Å². The number of hydrogen-bond donors (Lipinski definition) is 1. The summed E-state index contributed by atoms with van der Waals surface area (Å²) in [6.07, 6.45) is 1.80. The standard InChI is InChI=1S/C22H23N3O2/c26-22(23-10-11-25-12-14-27-15-13-25)21-18-8-4-5-9-20(18)24-16-19(21)17-6-2-1-3-7-17/h1-9,16H,10-15H2,(H,23,26). The third-order valence-corrected chi connectivity index (χ3v) is 4.90. The Labute approximate surface area is 159 Å². The lowest BCUT2D eigenvalue weighted by Gasteiger charge is -2.26. The first-order valence-electron chi connectivity index (χ1n) is 9.34. The minimum absolute atomic E-state index is 0.0549. The van der Waals surface area contributed by atoms with Gasteiger partial charge in [-0.05, 0) is 11.6 Å². The summed E-state index contributed by atoms with van der Waals surface area (Å²) in [6, 6.07) is 17.7. The van der Waals surface area contributed by atoms with Crippen LogP contribution < -0.4 is 5.32 Å². The van der Waals surface area contributed by atoms with Crippen molar-refractivity contribution in [1.82, 2.24) is 15.2 Å². The lowest BCUT2D eigenvalue weighted by molar-refractivity contribution is 0.0383. The summed E-state index contributed by atoms with van der Waals surface area (Å²) in [6.45, 7) is 4.82. The highest BCUT2D eigenvalue weighted by atomic mass is 16.5. The van der Waals surface area contributed by atoms with Crippen molar-refractivity contribution in [2.24, 2.45) is 0 Å².